The third kappa shape index (κ3) is 3.13. The summed E-state index contributed by atoms with van der Waals surface area (Å²) < 4.78 is 14.2. The summed E-state index contributed by atoms with van der Waals surface area (Å²) in [6.45, 7) is 4.53. The monoisotopic (exact) mass is 399 g/mol. The largest absolute Gasteiger partial charge is 0.363 e. The van der Waals surface area contributed by atoms with Crippen LogP contribution in [0.15, 0.2) is 36.7 Å². The second-order valence-electron chi connectivity index (χ2n) is 7.83. The summed E-state index contributed by atoms with van der Waals surface area (Å²) in [6, 6.07) is 7.75. The maximum Gasteiger partial charge on any atom is 0.203 e. The molecule has 0 unspecified atom stereocenters. The second-order valence-corrected chi connectivity index (χ2v) is 8.27. The molecule has 1 saturated carbocycles. The number of aromatic nitrogens is 4. The van der Waals surface area contributed by atoms with E-state index in [0.29, 0.717) is 23.0 Å². The van der Waals surface area contributed by atoms with Crippen LogP contribution in [0.3, 0.4) is 0 Å². The van der Waals surface area contributed by atoms with Gasteiger partial charge in [0.05, 0.1) is 12.2 Å². The maximum atomic E-state index is 6.16. The number of hydrogen-bond donors (Lipinski definition) is 1. The molecule has 7 nitrogen and oxygen atoms in total. The highest BCUT2D eigenvalue weighted by molar-refractivity contribution is 6.30. The normalized spacial score (nSPS) is 25.9. The highest BCUT2D eigenvalue weighted by atomic mass is 35.5. The highest BCUT2D eigenvalue weighted by Gasteiger charge is 2.50. The SMILES string of the molecule is CC1(C)O[C@@H]2[C@@H](CC[C@H]2c2nnc3c(NCc4cccc(Cl)c4)nccn23)O1. The minimum absolute atomic E-state index is 0.0124. The summed E-state index contributed by atoms with van der Waals surface area (Å²) in [7, 11) is 0. The number of fused-ring (bicyclic) bond motifs is 2. The molecule has 28 heavy (non-hydrogen) atoms. The van der Waals surface area contributed by atoms with Crippen LogP contribution in [-0.4, -0.2) is 37.6 Å². The van der Waals surface area contributed by atoms with Crippen molar-refractivity contribution in [2.75, 3.05) is 5.32 Å². The van der Waals surface area contributed by atoms with Gasteiger partial charge in [-0.05, 0) is 44.4 Å². The number of ether oxygens (including phenoxy) is 2. The summed E-state index contributed by atoms with van der Waals surface area (Å²) in [4.78, 5) is 4.45. The molecule has 3 aromatic rings. The molecule has 0 spiro atoms. The van der Waals surface area contributed by atoms with Crippen LogP contribution in [0.2, 0.25) is 5.02 Å². The van der Waals surface area contributed by atoms with Crippen LogP contribution >= 0.6 is 11.6 Å². The first-order valence-corrected chi connectivity index (χ1v) is 9.91. The summed E-state index contributed by atoms with van der Waals surface area (Å²) in [5.41, 5.74) is 1.79. The summed E-state index contributed by atoms with van der Waals surface area (Å²) >= 11 is 6.07. The molecular weight excluding hydrogens is 378 g/mol. The number of rotatable bonds is 4. The molecular formula is C20H22ClN5O2. The fraction of sp³-hybridized carbons (Fsp3) is 0.450. The topological polar surface area (TPSA) is 73.6 Å². The van der Waals surface area contributed by atoms with Crippen molar-refractivity contribution in [3.8, 4) is 0 Å². The zero-order valence-corrected chi connectivity index (χ0v) is 16.6. The molecule has 2 fully saturated rings. The zero-order chi connectivity index (χ0) is 19.3. The average Bonchev–Trinajstić information content (AvgIpc) is 3.31. The van der Waals surface area contributed by atoms with Gasteiger partial charge in [-0.1, -0.05) is 23.7 Å². The van der Waals surface area contributed by atoms with Gasteiger partial charge in [-0.3, -0.25) is 4.40 Å². The van der Waals surface area contributed by atoms with E-state index >= 15 is 0 Å². The van der Waals surface area contributed by atoms with Crippen LogP contribution in [0.25, 0.3) is 5.65 Å². The van der Waals surface area contributed by atoms with Gasteiger partial charge in [0.1, 0.15) is 5.82 Å². The molecule has 8 heteroatoms. The predicted molar refractivity (Wildman–Crippen MR) is 105 cm³/mol. The lowest BCUT2D eigenvalue weighted by atomic mass is 10.0. The lowest BCUT2D eigenvalue weighted by molar-refractivity contribution is -0.153. The van der Waals surface area contributed by atoms with E-state index in [2.05, 4.69) is 20.5 Å². The van der Waals surface area contributed by atoms with E-state index < -0.39 is 5.79 Å². The number of hydrogen-bond acceptors (Lipinski definition) is 6. The van der Waals surface area contributed by atoms with Gasteiger partial charge in [-0.15, -0.1) is 10.2 Å². The maximum absolute atomic E-state index is 6.16. The van der Waals surface area contributed by atoms with E-state index in [-0.39, 0.29) is 18.1 Å². The molecule has 2 aromatic heterocycles. The molecule has 1 N–H and O–H groups in total. The quantitative estimate of drug-likeness (QED) is 0.719. The molecule has 3 heterocycles. The third-order valence-corrected chi connectivity index (χ3v) is 5.65. The van der Waals surface area contributed by atoms with Crippen molar-refractivity contribution in [3.05, 3.63) is 53.1 Å². The number of nitrogens with zero attached hydrogens (tertiary/aromatic N) is 4. The fourth-order valence-electron chi connectivity index (χ4n) is 4.27. The van der Waals surface area contributed by atoms with Crippen LogP contribution in [0.5, 0.6) is 0 Å². The van der Waals surface area contributed by atoms with Crippen molar-refractivity contribution in [2.24, 2.45) is 0 Å². The Morgan fingerprint density at radius 3 is 3.00 bits per heavy atom. The van der Waals surface area contributed by atoms with Crippen molar-refractivity contribution < 1.29 is 9.47 Å². The van der Waals surface area contributed by atoms with Crippen LogP contribution in [0.4, 0.5) is 5.82 Å². The standard InChI is InChI=1S/C20H22ClN5O2/c1-20(2)27-15-7-6-14(16(15)28-20)18-24-25-19-17(22-8-9-26(18)19)23-11-12-4-3-5-13(21)10-12/h3-5,8-10,14-16H,6-7,11H2,1-2H3,(H,22,23)/t14-,15-,16+/m1/s1. The van der Waals surface area contributed by atoms with Gasteiger partial charge in [0, 0.05) is 29.9 Å². The van der Waals surface area contributed by atoms with Crippen molar-refractivity contribution in [1.29, 1.82) is 0 Å². The molecule has 146 valence electrons. The summed E-state index contributed by atoms with van der Waals surface area (Å²) in [6.07, 6.45) is 5.75. The van der Waals surface area contributed by atoms with Gasteiger partial charge in [0.25, 0.3) is 0 Å². The summed E-state index contributed by atoms with van der Waals surface area (Å²) in [5, 5.41) is 13.0. The van der Waals surface area contributed by atoms with E-state index in [0.717, 1.165) is 24.2 Å². The number of anilines is 1. The van der Waals surface area contributed by atoms with Crippen molar-refractivity contribution in [3.63, 3.8) is 0 Å². The molecule has 1 saturated heterocycles. The first-order valence-electron chi connectivity index (χ1n) is 9.54. The molecule has 0 amide bonds. The van der Waals surface area contributed by atoms with Crippen LogP contribution in [0, 0.1) is 0 Å². The Labute approximate surface area is 168 Å². The van der Waals surface area contributed by atoms with Gasteiger partial charge >= 0.3 is 0 Å². The first kappa shape index (κ1) is 17.8. The number of nitrogens with one attached hydrogen (secondary N) is 1. The minimum atomic E-state index is -0.542. The number of halogens is 1. The smallest absolute Gasteiger partial charge is 0.203 e. The number of benzene rings is 1. The fourth-order valence-corrected chi connectivity index (χ4v) is 4.48. The Hall–Kier alpha value is -2.22. The Morgan fingerprint density at radius 2 is 2.14 bits per heavy atom. The van der Waals surface area contributed by atoms with Crippen LogP contribution < -0.4 is 5.32 Å². The van der Waals surface area contributed by atoms with E-state index in [1.54, 1.807) is 6.20 Å². The van der Waals surface area contributed by atoms with E-state index in [1.165, 1.54) is 0 Å². The molecule has 0 radical (unpaired) electrons. The Balaban J connectivity index is 1.41. The molecule has 2 aliphatic rings. The van der Waals surface area contributed by atoms with E-state index in [9.17, 15) is 0 Å². The Morgan fingerprint density at radius 1 is 1.25 bits per heavy atom. The molecule has 1 aliphatic heterocycles. The van der Waals surface area contributed by atoms with E-state index in [1.807, 2.05) is 48.7 Å². The zero-order valence-electron chi connectivity index (χ0n) is 15.8. The molecule has 3 atom stereocenters. The van der Waals surface area contributed by atoms with Crippen molar-refractivity contribution in [2.45, 2.75) is 57.1 Å². The minimum Gasteiger partial charge on any atom is -0.363 e. The van der Waals surface area contributed by atoms with Gasteiger partial charge in [-0.2, -0.15) is 0 Å². The van der Waals surface area contributed by atoms with Gasteiger partial charge < -0.3 is 14.8 Å². The molecule has 1 aliphatic carbocycles. The van der Waals surface area contributed by atoms with E-state index in [4.69, 9.17) is 21.1 Å². The lowest BCUT2D eigenvalue weighted by Gasteiger charge is -2.21. The first-order chi connectivity index (χ1) is 13.5. The average molecular weight is 400 g/mol. The summed E-state index contributed by atoms with van der Waals surface area (Å²) in [5.74, 6) is 1.21. The van der Waals surface area contributed by atoms with Crippen LogP contribution in [0.1, 0.15) is 44.0 Å². The molecule has 0 bridgehead atoms. The van der Waals surface area contributed by atoms with Crippen LogP contribution in [-0.2, 0) is 16.0 Å². The Bertz CT molecular complexity index is 1020. The van der Waals surface area contributed by atoms with Crippen molar-refractivity contribution >= 4 is 23.1 Å². The lowest BCUT2D eigenvalue weighted by Crippen LogP contribution is -2.25. The molecule has 5 rings (SSSR count). The van der Waals surface area contributed by atoms with Gasteiger partial charge in [0.15, 0.2) is 11.6 Å². The van der Waals surface area contributed by atoms with Crippen molar-refractivity contribution in [1.82, 2.24) is 19.6 Å². The highest BCUT2D eigenvalue weighted by Crippen LogP contribution is 2.45. The van der Waals surface area contributed by atoms with Gasteiger partial charge in [-0.25, -0.2) is 4.98 Å². The third-order valence-electron chi connectivity index (χ3n) is 5.41. The molecule has 1 aromatic carbocycles. The van der Waals surface area contributed by atoms with Gasteiger partial charge in [0.2, 0.25) is 5.65 Å². The predicted octanol–water partition coefficient (Wildman–Crippen LogP) is 3.79. The Kier molecular flexibility index (Phi) is 4.26. The second kappa shape index (κ2) is 6.69.